The lowest BCUT2D eigenvalue weighted by molar-refractivity contribution is 0.249. The number of hydrogen-bond donors (Lipinski definition) is 2. The zero-order chi connectivity index (χ0) is 10.0. The van der Waals surface area contributed by atoms with Crippen molar-refractivity contribution in [1.29, 1.82) is 0 Å². The van der Waals surface area contributed by atoms with Crippen molar-refractivity contribution in [2.24, 2.45) is 11.7 Å². The summed E-state index contributed by atoms with van der Waals surface area (Å²) in [4.78, 5) is 0. The van der Waals surface area contributed by atoms with E-state index in [1.807, 2.05) is 0 Å². The van der Waals surface area contributed by atoms with E-state index in [0.29, 0.717) is 6.04 Å². The van der Waals surface area contributed by atoms with Crippen molar-refractivity contribution >= 4 is 0 Å². The summed E-state index contributed by atoms with van der Waals surface area (Å²) in [5, 5.41) is 3.80. The average Bonchev–Trinajstić information content (AvgIpc) is 2.95. The highest BCUT2D eigenvalue weighted by Gasteiger charge is 2.43. The van der Waals surface area contributed by atoms with Gasteiger partial charge >= 0.3 is 0 Å². The molecular formula is C12H22N2. The first-order valence-electron chi connectivity index (χ1n) is 5.93. The van der Waals surface area contributed by atoms with Crippen LogP contribution in [0.15, 0.2) is 12.2 Å². The van der Waals surface area contributed by atoms with Crippen LogP contribution in [0.2, 0.25) is 0 Å². The average molecular weight is 194 g/mol. The topological polar surface area (TPSA) is 38.0 Å². The van der Waals surface area contributed by atoms with Crippen molar-refractivity contribution < 1.29 is 0 Å². The van der Waals surface area contributed by atoms with Crippen LogP contribution in [0.4, 0.5) is 0 Å². The van der Waals surface area contributed by atoms with Crippen molar-refractivity contribution in [3.63, 3.8) is 0 Å². The first kappa shape index (κ1) is 10.2. The van der Waals surface area contributed by atoms with E-state index < -0.39 is 0 Å². The zero-order valence-electron chi connectivity index (χ0n) is 9.13. The molecule has 0 radical (unpaired) electrons. The molecule has 3 N–H and O–H groups in total. The summed E-state index contributed by atoms with van der Waals surface area (Å²) in [6.07, 6.45) is 10.9. The second kappa shape index (κ2) is 4.03. The van der Waals surface area contributed by atoms with Crippen molar-refractivity contribution in [1.82, 2.24) is 5.32 Å². The van der Waals surface area contributed by atoms with Crippen molar-refractivity contribution in [3.05, 3.63) is 12.2 Å². The lowest BCUT2D eigenvalue weighted by Crippen LogP contribution is -2.56. The Kier molecular flexibility index (Phi) is 2.93. The highest BCUT2D eigenvalue weighted by Crippen LogP contribution is 2.41. The second-order valence-electron chi connectivity index (χ2n) is 4.77. The highest BCUT2D eigenvalue weighted by atomic mass is 15.0. The van der Waals surface area contributed by atoms with Gasteiger partial charge in [-0.25, -0.2) is 0 Å². The van der Waals surface area contributed by atoms with E-state index >= 15 is 0 Å². The third-order valence-corrected chi connectivity index (χ3v) is 3.85. The van der Waals surface area contributed by atoms with E-state index in [9.17, 15) is 0 Å². The molecule has 1 unspecified atom stereocenters. The maximum Gasteiger partial charge on any atom is 0.0332 e. The Morgan fingerprint density at radius 1 is 1.36 bits per heavy atom. The fraction of sp³-hybridized carbons (Fsp3) is 0.833. The van der Waals surface area contributed by atoms with Crippen LogP contribution in [0.3, 0.4) is 0 Å². The molecule has 2 aliphatic rings. The van der Waals surface area contributed by atoms with E-state index in [1.165, 1.54) is 32.1 Å². The molecule has 0 amide bonds. The molecular weight excluding hydrogens is 172 g/mol. The number of rotatable bonds is 5. The Morgan fingerprint density at radius 3 is 2.43 bits per heavy atom. The molecule has 1 fully saturated rings. The summed E-state index contributed by atoms with van der Waals surface area (Å²) in [6, 6.07) is 0.652. The van der Waals surface area contributed by atoms with Gasteiger partial charge in [0.25, 0.3) is 0 Å². The van der Waals surface area contributed by atoms with Gasteiger partial charge in [0, 0.05) is 18.1 Å². The Labute approximate surface area is 86.9 Å². The van der Waals surface area contributed by atoms with Crippen LogP contribution >= 0.6 is 0 Å². The number of hydrogen-bond acceptors (Lipinski definition) is 2. The van der Waals surface area contributed by atoms with Gasteiger partial charge in [-0.1, -0.05) is 19.1 Å². The van der Waals surface area contributed by atoms with Crippen LogP contribution in [0.25, 0.3) is 0 Å². The molecule has 0 heterocycles. The largest absolute Gasteiger partial charge is 0.329 e. The second-order valence-corrected chi connectivity index (χ2v) is 4.77. The Hall–Kier alpha value is -0.340. The molecule has 1 saturated carbocycles. The van der Waals surface area contributed by atoms with Gasteiger partial charge in [0.05, 0.1) is 0 Å². The molecule has 80 valence electrons. The number of nitrogens with two attached hydrogens (primary N) is 1. The Morgan fingerprint density at radius 2 is 2.00 bits per heavy atom. The van der Waals surface area contributed by atoms with Crippen LogP contribution in [-0.2, 0) is 0 Å². The standard InChI is InChI=1S/C12H22N2/c1-2-12(9-13,10-7-8-10)14-11-5-3-4-6-11/h3-4,10-11,14H,2,5-9,13H2,1H3. The first-order valence-corrected chi connectivity index (χ1v) is 5.93. The first-order chi connectivity index (χ1) is 6.80. The molecule has 14 heavy (non-hydrogen) atoms. The van der Waals surface area contributed by atoms with Crippen LogP contribution in [-0.4, -0.2) is 18.1 Å². The van der Waals surface area contributed by atoms with Crippen molar-refractivity contribution in [3.8, 4) is 0 Å². The maximum absolute atomic E-state index is 5.95. The third-order valence-electron chi connectivity index (χ3n) is 3.85. The van der Waals surface area contributed by atoms with Gasteiger partial charge in [-0.2, -0.15) is 0 Å². The normalized spacial score (nSPS) is 26.7. The van der Waals surface area contributed by atoms with Crippen LogP contribution < -0.4 is 11.1 Å². The zero-order valence-corrected chi connectivity index (χ0v) is 9.13. The van der Waals surface area contributed by atoms with Gasteiger partial charge in [0.15, 0.2) is 0 Å². The minimum atomic E-state index is 0.247. The molecule has 0 bridgehead atoms. The molecule has 2 aliphatic carbocycles. The molecule has 2 nitrogen and oxygen atoms in total. The third kappa shape index (κ3) is 1.86. The molecule has 2 heteroatoms. The van der Waals surface area contributed by atoms with Gasteiger partial charge in [-0.3, -0.25) is 0 Å². The summed E-state index contributed by atoms with van der Waals surface area (Å²) in [5.41, 5.74) is 6.20. The predicted molar refractivity (Wildman–Crippen MR) is 60.1 cm³/mol. The highest BCUT2D eigenvalue weighted by molar-refractivity contribution is 5.06. The van der Waals surface area contributed by atoms with E-state index in [-0.39, 0.29) is 5.54 Å². The van der Waals surface area contributed by atoms with Crippen LogP contribution in [0.1, 0.15) is 39.0 Å². The van der Waals surface area contributed by atoms with Gasteiger partial charge in [-0.05, 0) is 38.0 Å². The molecule has 0 aromatic carbocycles. The van der Waals surface area contributed by atoms with E-state index in [0.717, 1.165) is 12.5 Å². The fourth-order valence-electron chi connectivity index (χ4n) is 2.66. The predicted octanol–water partition coefficient (Wildman–Crippen LogP) is 1.81. The summed E-state index contributed by atoms with van der Waals surface area (Å²) >= 11 is 0. The summed E-state index contributed by atoms with van der Waals surface area (Å²) in [7, 11) is 0. The Balaban J connectivity index is 1.95. The maximum atomic E-state index is 5.95. The van der Waals surface area contributed by atoms with Gasteiger partial charge in [0.1, 0.15) is 0 Å². The van der Waals surface area contributed by atoms with Crippen molar-refractivity contribution in [2.45, 2.75) is 50.6 Å². The smallest absolute Gasteiger partial charge is 0.0332 e. The quantitative estimate of drug-likeness (QED) is 0.655. The molecule has 0 saturated heterocycles. The molecule has 0 spiro atoms. The van der Waals surface area contributed by atoms with Crippen molar-refractivity contribution in [2.75, 3.05) is 6.54 Å². The molecule has 0 aromatic heterocycles. The molecule has 2 rings (SSSR count). The van der Waals surface area contributed by atoms with Gasteiger partial charge in [0.2, 0.25) is 0 Å². The SMILES string of the molecule is CCC(CN)(NC1CC=CC1)C1CC1. The molecule has 0 aliphatic heterocycles. The van der Waals surface area contributed by atoms with E-state index in [1.54, 1.807) is 0 Å². The lowest BCUT2D eigenvalue weighted by Gasteiger charge is -2.36. The van der Waals surface area contributed by atoms with Crippen LogP contribution in [0.5, 0.6) is 0 Å². The summed E-state index contributed by atoms with van der Waals surface area (Å²) < 4.78 is 0. The van der Waals surface area contributed by atoms with E-state index in [2.05, 4.69) is 24.4 Å². The van der Waals surface area contributed by atoms with E-state index in [4.69, 9.17) is 5.73 Å². The van der Waals surface area contributed by atoms with Crippen LogP contribution in [0, 0.1) is 5.92 Å². The monoisotopic (exact) mass is 194 g/mol. The molecule has 1 atom stereocenters. The van der Waals surface area contributed by atoms with Gasteiger partial charge in [-0.15, -0.1) is 0 Å². The fourth-order valence-corrected chi connectivity index (χ4v) is 2.66. The van der Waals surface area contributed by atoms with Gasteiger partial charge < -0.3 is 11.1 Å². The Bertz CT molecular complexity index is 206. The minimum absolute atomic E-state index is 0.247. The summed E-state index contributed by atoms with van der Waals surface area (Å²) in [5.74, 6) is 0.845. The molecule has 0 aromatic rings. The minimum Gasteiger partial charge on any atom is -0.329 e. The summed E-state index contributed by atoms with van der Waals surface area (Å²) in [6.45, 7) is 3.06. The number of nitrogens with one attached hydrogen (secondary N) is 1. The lowest BCUT2D eigenvalue weighted by atomic mass is 9.89.